The van der Waals surface area contributed by atoms with Crippen molar-refractivity contribution in [3.8, 4) is 10.8 Å². The highest BCUT2D eigenvalue weighted by Crippen LogP contribution is 2.32. The SMILES string of the molecule is c1ccc(C2=Nn3c(nnc3-c3nc4ccccc4s3)SC2)cc1. The molecule has 0 amide bonds. The maximum Gasteiger partial charge on any atom is 0.214 e. The lowest BCUT2D eigenvalue weighted by Gasteiger charge is -2.13. The maximum atomic E-state index is 4.78. The van der Waals surface area contributed by atoms with Crippen LogP contribution >= 0.6 is 23.1 Å². The number of fused-ring (bicyclic) bond motifs is 2. The third kappa shape index (κ3) is 2.24. The van der Waals surface area contributed by atoms with E-state index in [0.717, 1.165) is 37.4 Å². The molecule has 2 aromatic carbocycles. The van der Waals surface area contributed by atoms with Gasteiger partial charge >= 0.3 is 0 Å². The first-order valence-corrected chi connectivity index (χ1v) is 9.26. The molecule has 0 spiro atoms. The first kappa shape index (κ1) is 13.9. The van der Waals surface area contributed by atoms with Crippen LogP contribution < -0.4 is 0 Å². The highest BCUT2D eigenvalue weighted by molar-refractivity contribution is 7.99. The molecular formula is C17H11N5S2. The topological polar surface area (TPSA) is 56.0 Å². The lowest BCUT2D eigenvalue weighted by molar-refractivity contribution is 0.762. The Balaban J connectivity index is 1.64. The van der Waals surface area contributed by atoms with Gasteiger partial charge in [0.25, 0.3) is 0 Å². The fourth-order valence-corrected chi connectivity index (χ4v) is 4.38. The highest BCUT2D eigenvalue weighted by atomic mass is 32.2. The van der Waals surface area contributed by atoms with Crippen LogP contribution in [0.2, 0.25) is 0 Å². The van der Waals surface area contributed by atoms with Crippen LogP contribution in [0.3, 0.4) is 0 Å². The van der Waals surface area contributed by atoms with Crippen LogP contribution in [0.1, 0.15) is 5.56 Å². The number of hydrogen-bond acceptors (Lipinski definition) is 6. The van der Waals surface area contributed by atoms with Crippen molar-refractivity contribution in [2.24, 2.45) is 5.10 Å². The van der Waals surface area contributed by atoms with E-state index in [9.17, 15) is 0 Å². The first-order valence-electron chi connectivity index (χ1n) is 7.46. The number of para-hydroxylation sites is 1. The summed E-state index contributed by atoms with van der Waals surface area (Å²) in [5.74, 6) is 1.49. The lowest BCUT2D eigenvalue weighted by Crippen LogP contribution is -2.13. The highest BCUT2D eigenvalue weighted by Gasteiger charge is 2.22. The minimum Gasteiger partial charge on any atom is -0.233 e. The Labute approximate surface area is 146 Å². The first-order chi connectivity index (χ1) is 11.9. The molecule has 1 aliphatic heterocycles. The van der Waals surface area contributed by atoms with Crippen molar-refractivity contribution in [2.45, 2.75) is 5.16 Å². The van der Waals surface area contributed by atoms with Gasteiger partial charge in [0.05, 0.1) is 15.9 Å². The molecule has 0 aliphatic carbocycles. The summed E-state index contributed by atoms with van der Waals surface area (Å²) >= 11 is 3.26. The lowest BCUT2D eigenvalue weighted by atomic mass is 10.1. The molecular weight excluding hydrogens is 338 g/mol. The van der Waals surface area contributed by atoms with Gasteiger partial charge in [0, 0.05) is 5.75 Å². The fraction of sp³-hybridized carbons (Fsp3) is 0.0588. The van der Waals surface area contributed by atoms with Crippen molar-refractivity contribution in [1.29, 1.82) is 0 Å². The van der Waals surface area contributed by atoms with E-state index < -0.39 is 0 Å². The zero-order valence-corrected chi connectivity index (χ0v) is 14.1. The Morgan fingerprint density at radius 1 is 0.917 bits per heavy atom. The fourth-order valence-electron chi connectivity index (χ4n) is 2.60. The summed E-state index contributed by atoms with van der Waals surface area (Å²) in [6.45, 7) is 0. The van der Waals surface area contributed by atoms with Crippen LogP contribution in [-0.2, 0) is 0 Å². The second kappa shape index (κ2) is 5.54. The number of hydrogen-bond donors (Lipinski definition) is 0. The average molecular weight is 349 g/mol. The number of benzene rings is 2. The molecule has 0 radical (unpaired) electrons. The van der Waals surface area contributed by atoms with Crippen LogP contribution in [0.4, 0.5) is 0 Å². The van der Waals surface area contributed by atoms with Crippen molar-refractivity contribution >= 4 is 39.0 Å². The van der Waals surface area contributed by atoms with Gasteiger partial charge in [-0.1, -0.05) is 54.2 Å². The molecule has 0 atom stereocenters. The second-order valence-corrected chi connectivity index (χ2v) is 7.28. The minimum atomic E-state index is 0.701. The zero-order valence-electron chi connectivity index (χ0n) is 12.5. The molecule has 0 bridgehead atoms. The summed E-state index contributed by atoms with van der Waals surface area (Å²) in [4.78, 5) is 4.68. The van der Waals surface area contributed by atoms with E-state index in [1.165, 1.54) is 0 Å². The van der Waals surface area contributed by atoms with Crippen molar-refractivity contribution in [2.75, 3.05) is 5.75 Å². The zero-order chi connectivity index (χ0) is 15.9. The van der Waals surface area contributed by atoms with E-state index in [1.807, 2.05) is 41.1 Å². The Morgan fingerprint density at radius 3 is 2.62 bits per heavy atom. The molecule has 0 unspecified atom stereocenters. The Bertz CT molecular complexity index is 1030. The predicted molar refractivity (Wildman–Crippen MR) is 97.7 cm³/mol. The summed E-state index contributed by atoms with van der Waals surface area (Å²) in [6.07, 6.45) is 0. The van der Waals surface area contributed by atoms with E-state index in [1.54, 1.807) is 23.1 Å². The molecule has 5 rings (SSSR count). The second-order valence-electron chi connectivity index (χ2n) is 5.31. The largest absolute Gasteiger partial charge is 0.233 e. The van der Waals surface area contributed by atoms with E-state index >= 15 is 0 Å². The van der Waals surface area contributed by atoms with Gasteiger partial charge in [-0.05, 0) is 17.7 Å². The summed E-state index contributed by atoms with van der Waals surface area (Å²) < 4.78 is 2.95. The van der Waals surface area contributed by atoms with Crippen LogP contribution in [0.5, 0.6) is 0 Å². The molecule has 24 heavy (non-hydrogen) atoms. The quantitative estimate of drug-likeness (QED) is 0.550. The van der Waals surface area contributed by atoms with Gasteiger partial charge in [-0.15, -0.1) is 21.5 Å². The third-order valence-electron chi connectivity index (χ3n) is 3.76. The third-order valence-corrected chi connectivity index (χ3v) is 5.73. The number of rotatable bonds is 2. The van der Waals surface area contributed by atoms with Gasteiger partial charge < -0.3 is 0 Å². The molecule has 5 nitrogen and oxygen atoms in total. The molecule has 0 N–H and O–H groups in total. The van der Waals surface area contributed by atoms with Gasteiger partial charge in [0.1, 0.15) is 0 Å². The summed E-state index contributed by atoms with van der Waals surface area (Å²) in [6, 6.07) is 18.3. The van der Waals surface area contributed by atoms with Gasteiger partial charge in [-0.2, -0.15) is 9.78 Å². The van der Waals surface area contributed by atoms with Crippen LogP contribution in [-0.4, -0.2) is 31.3 Å². The van der Waals surface area contributed by atoms with Crippen molar-refractivity contribution < 1.29 is 0 Å². The molecule has 1 aliphatic rings. The van der Waals surface area contributed by atoms with Crippen molar-refractivity contribution in [3.63, 3.8) is 0 Å². The van der Waals surface area contributed by atoms with Crippen molar-refractivity contribution in [3.05, 3.63) is 60.2 Å². The normalized spacial score (nSPS) is 13.8. The minimum absolute atomic E-state index is 0.701. The van der Waals surface area contributed by atoms with Gasteiger partial charge in [0.2, 0.25) is 11.0 Å². The number of aromatic nitrogens is 4. The molecule has 7 heteroatoms. The Morgan fingerprint density at radius 2 is 1.75 bits per heavy atom. The van der Waals surface area contributed by atoms with E-state index in [2.05, 4.69) is 33.4 Å². The number of nitrogens with zero attached hydrogens (tertiary/aromatic N) is 5. The van der Waals surface area contributed by atoms with Gasteiger partial charge in [-0.25, -0.2) is 4.98 Å². The van der Waals surface area contributed by atoms with Gasteiger partial charge in [0.15, 0.2) is 5.01 Å². The molecule has 0 saturated heterocycles. The van der Waals surface area contributed by atoms with E-state index in [-0.39, 0.29) is 0 Å². The van der Waals surface area contributed by atoms with Crippen LogP contribution in [0.15, 0.2) is 64.9 Å². The standard InChI is InChI=1S/C17H11N5S2/c1-2-6-11(7-3-1)13-10-23-17-20-19-15(22(17)21-13)16-18-12-8-4-5-9-14(12)24-16/h1-9H,10H2. The summed E-state index contributed by atoms with van der Waals surface area (Å²) in [7, 11) is 0. The van der Waals surface area contributed by atoms with Crippen molar-refractivity contribution in [1.82, 2.24) is 19.9 Å². The maximum absolute atomic E-state index is 4.78. The molecule has 2 aromatic heterocycles. The molecule has 4 aromatic rings. The summed E-state index contributed by atoms with van der Waals surface area (Å²) in [5, 5.41) is 15.0. The number of thioether (sulfide) groups is 1. The van der Waals surface area contributed by atoms with Crippen LogP contribution in [0.25, 0.3) is 21.0 Å². The number of thiazole rings is 1. The van der Waals surface area contributed by atoms with Gasteiger partial charge in [-0.3, -0.25) is 0 Å². The molecule has 3 heterocycles. The smallest absolute Gasteiger partial charge is 0.214 e. The van der Waals surface area contributed by atoms with E-state index in [4.69, 9.17) is 5.10 Å². The van der Waals surface area contributed by atoms with Crippen LogP contribution in [0, 0.1) is 0 Å². The molecule has 0 saturated carbocycles. The molecule has 0 fully saturated rings. The summed E-state index contributed by atoms with van der Waals surface area (Å²) in [5.41, 5.74) is 3.13. The Kier molecular flexibility index (Phi) is 3.20. The van der Waals surface area contributed by atoms with E-state index in [0.29, 0.717) is 5.82 Å². The molecule has 116 valence electrons. The predicted octanol–water partition coefficient (Wildman–Crippen LogP) is 3.91. The monoisotopic (exact) mass is 349 g/mol. The Hall–Kier alpha value is -2.51. The average Bonchev–Trinajstić information content (AvgIpc) is 3.25.